The second-order valence-corrected chi connectivity index (χ2v) is 5.64. The molecule has 1 amide bonds. The number of esters is 1. The van der Waals surface area contributed by atoms with Crippen LogP contribution in [-0.4, -0.2) is 35.6 Å². The highest BCUT2D eigenvalue weighted by Gasteiger charge is 2.39. The molecule has 0 aliphatic carbocycles. The number of carboxylic acid groups (broad SMARTS) is 1. The minimum absolute atomic E-state index is 0.147. The van der Waals surface area contributed by atoms with Crippen molar-refractivity contribution in [1.29, 1.82) is 0 Å². The molecule has 1 aromatic carbocycles. The topological polar surface area (TPSA) is 83.9 Å². The summed E-state index contributed by atoms with van der Waals surface area (Å²) in [5.41, 5.74) is 1.50. The fourth-order valence-electron chi connectivity index (χ4n) is 2.78. The van der Waals surface area contributed by atoms with Crippen LogP contribution >= 0.6 is 0 Å². The van der Waals surface area contributed by atoms with E-state index in [4.69, 9.17) is 4.74 Å². The van der Waals surface area contributed by atoms with Crippen molar-refractivity contribution in [3.63, 3.8) is 0 Å². The standard InChI is InChI=1S/C17H21NO5/c1-3-23-15(19)9-8-11(2)16(20)18-13-7-5-4-6-12(13)10-14(18)17(21)22/h4-7,11,14H,3,8-10H2,1-2H3,(H,21,22)/t11-,14+/m1/s1. The first-order chi connectivity index (χ1) is 11.0. The average Bonchev–Trinajstić information content (AvgIpc) is 2.92. The van der Waals surface area contributed by atoms with Crippen molar-refractivity contribution in [3.05, 3.63) is 29.8 Å². The number of carbonyl (C=O) groups excluding carboxylic acids is 2. The van der Waals surface area contributed by atoms with E-state index in [9.17, 15) is 19.5 Å². The molecule has 0 fully saturated rings. The van der Waals surface area contributed by atoms with Crippen molar-refractivity contribution < 1.29 is 24.2 Å². The SMILES string of the molecule is CCOC(=O)CC[C@@H](C)C(=O)N1c2ccccc2C[C@H]1C(=O)O. The van der Waals surface area contributed by atoms with Gasteiger partial charge in [0.15, 0.2) is 0 Å². The van der Waals surface area contributed by atoms with Crippen molar-refractivity contribution in [1.82, 2.24) is 0 Å². The maximum Gasteiger partial charge on any atom is 0.327 e. The zero-order valence-corrected chi connectivity index (χ0v) is 13.3. The fourth-order valence-corrected chi connectivity index (χ4v) is 2.78. The number of carbonyl (C=O) groups is 3. The smallest absolute Gasteiger partial charge is 0.327 e. The molecular weight excluding hydrogens is 298 g/mol. The van der Waals surface area contributed by atoms with Gasteiger partial charge >= 0.3 is 11.9 Å². The summed E-state index contributed by atoms with van der Waals surface area (Å²) in [6.45, 7) is 3.74. The van der Waals surface area contributed by atoms with E-state index in [1.807, 2.05) is 12.1 Å². The molecule has 1 aromatic rings. The van der Waals surface area contributed by atoms with Crippen LogP contribution < -0.4 is 4.90 Å². The van der Waals surface area contributed by atoms with Crippen molar-refractivity contribution >= 4 is 23.5 Å². The summed E-state index contributed by atoms with van der Waals surface area (Å²) in [6, 6.07) is 6.32. The zero-order valence-electron chi connectivity index (χ0n) is 13.3. The number of aliphatic carboxylic acids is 1. The van der Waals surface area contributed by atoms with Gasteiger partial charge in [0, 0.05) is 24.4 Å². The number of amides is 1. The molecule has 0 saturated carbocycles. The summed E-state index contributed by atoms with van der Waals surface area (Å²) in [5, 5.41) is 9.41. The zero-order chi connectivity index (χ0) is 17.0. The summed E-state index contributed by atoms with van der Waals surface area (Å²) in [6.07, 6.45) is 0.790. The van der Waals surface area contributed by atoms with Crippen LogP contribution in [0.25, 0.3) is 0 Å². The number of anilines is 1. The summed E-state index contributed by atoms with van der Waals surface area (Å²) < 4.78 is 4.86. The summed E-state index contributed by atoms with van der Waals surface area (Å²) in [5.74, 6) is -2.09. The number of ether oxygens (including phenoxy) is 1. The molecule has 2 atom stereocenters. The van der Waals surface area contributed by atoms with Gasteiger partial charge in [0.1, 0.15) is 6.04 Å². The lowest BCUT2D eigenvalue weighted by Crippen LogP contribution is -2.45. The molecule has 0 unspecified atom stereocenters. The second-order valence-electron chi connectivity index (χ2n) is 5.64. The van der Waals surface area contributed by atoms with Crippen LogP contribution in [0.4, 0.5) is 5.69 Å². The van der Waals surface area contributed by atoms with Gasteiger partial charge in [-0.15, -0.1) is 0 Å². The lowest BCUT2D eigenvalue weighted by molar-refractivity contribution is -0.144. The Balaban J connectivity index is 2.12. The molecule has 1 aliphatic heterocycles. The van der Waals surface area contributed by atoms with Crippen LogP contribution in [0.5, 0.6) is 0 Å². The predicted molar refractivity (Wildman–Crippen MR) is 84.1 cm³/mol. The van der Waals surface area contributed by atoms with Gasteiger partial charge in [0.05, 0.1) is 6.61 Å². The average molecular weight is 319 g/mol. The van der Waals surface area contributed by atoms with Crippen molar-refractivity contribution in [2.45, 2.75) is 39.2 Å². The van der Waals surface area contributed by atoms with Gasteiger partial charge in [0.2, 0.25) is 5.91 Å². The quantitative estimate of drug-likeness (QED) is 0.811. The number of hydrogen-bond donors (Lipinski definition) is 1. The minimum Gasteiger partial charge on any atom is -0.480 e. The number of para-hydroxylation sites is 1. The Labute approximate surface area is 135 Å². The number of hydrogen-bond acceptors (Lipinski definition) is 4. The van der Waals surface area contributed by atoms with Gasteiger partial charge in [-0.2, -0.15) is 0 Å². The third kappa shape index (κ3) is 3.70. The molecule has 6 heteroatoms. The lowest BCUT2D eigenvalue weighted by Gasteiger charge is -2.25. The Morgan fingerprint density at radius 3 is 2.70 bits per heavy atom. The first-order valence-electron chi connectivity index (χ1n) is 7.75. The third-order valence-corrected chi connectivity index (χ3v) is 4.01. The van der Waals surface area contributed by atoms with Gasteiger partial charge in [-0.1, -0.05) is 25.1 Å². The Bertz CT molecular complexity index is 613. The van der Waals surface area contributed by atoms with Crippen molar-refractivity contribution in [3.8, 4) is 0 Å². The van der Waals surface area contributed by atoms with Crippen LogP contribution in [0.3, 0.4) is 0 Å². The fraction of sp³-hybridized carbons (Fsp3) is 0.471. The first-order valence-corrected chi connectivity index (χ1v) is 7.75. The molecule has 1 heterocycles. The maximum absolute atomic E-state index is 12.7. The molecular formula is C17H21NO5. The van der Waals surface area contributed by atoms with E-state index in [2.05, 4.69) is 0 Å². The molecule has 1 aliphatic rings. The van der Waals surface area contributed by atoms with E-state index in [0.29, 0.717) is 25.1 Å². The van der Waals surface area contributed by atoms with Gasteiger partial charge in [-0.05, 0) is 25.0 Å². The van der Waals surface area contributed by atoms with E-state index in [0.717, 1.165) is 5.56 Å². The molecule has 0 bridgehead atoms. The van der Waals surface area contributed by atoms with Gasteiger partial charge in [0.25, 0.3) is 0 Å². The Kier molecular flexibility index (Phi) is 5.36. The Morgan fingerprint density at radius 1 is 1.35 bits per heavy atom. The molecule has 0 radical (unpaired) electrons. The molecule has 0 aromatic heterocycles. The molecule has 6 nitrogen and oxygen atoms in total. The molecule has 124 valence electrons. The minimum atomic E-state index is -1.02. The Hall–Kier alpha value is -2.37. The normalized spacial score (nSPS) is 17.5. The van der Waals surface area contributed by atoms with Crippen LogP contribution in [0.1, 0.15) is 32.3 Å². The summed E-state index contributed by atoms with van der Waals surface area (Å²) >= 11 is 0. The number of benzene rings is 1. The molecule has 23 heavy (non-hydrogen) atoms. The molecule has 0 spiro atoms. The molecule has 2 rings (SSSR count). The molecule has 1 N–H and O–H groups in total. The highest BCUT2D eigenvalue weighted by Crippen LogP contribution is 2.33. The van der Waals surface area contributed by atoms with E-state index in [1.54, 1.807) is 26.0 Å². The van der Waals surface area contributed by atoms with Gasteiger partial charge in [-0.25, -0.2) is 4.79 Å². The number of fused-ring (bicyclic) bond motifs is 1. The van der Waals surface area contributed by atoms with E-state index < -0.39 is 17.9 Å². The predicted octanol–water partition coefficient (Wildman–Crippen LogP) is 2.01. The molecule has 0 saturated heterocycles. The lowest BCUT2D eigenvalue weighted by atomic mass is 10.0. The Morgan fingerprint density at radius 2 is 2.04 bits per heavy atom. The first kappa shape index (κ1) is 17.0. The number of rotatable bonds is 6. The second kappa shape index (κ2) is 7.26. The van der Waals surface area contributed by atoms with E-state index >= 15 is 0 Å². The number of nitrogens with zero attached hydrogens (tertiary/aromatic N) is 1. The highest BCUT2D eigenvalue weighted by atomic mass is 16.5. The maximum atomic E-state index is 12.7. The van der Waals surface area contributed by atoms with Crippen LogP contribution in [-0.2, 0) is 25.5 Å². The van der Waals surface area contributed by atoms with Crippen LogP contribution in [0.2, 0.25) is 0 Å². The third-order valence-electron chi connectivity index (χ3n) is 4.01. The van der Waals surface area contributed by atoms with Gasteiger partial charge < -0.3 is 9.84 Å². The van der Waals surface area contributed by atoms with Crippen LogP contribution in [0.15, 0.2) is 24.3 Å². The van der Waals surface area contributed by atoms with E-state index in [1.165, 1.54) is 4.90 Å². The largest absolute Gasteiger partial charge is 0.480 e. The van der Waals surface area contributed by atoms with Crippen LogP contribution in [0, 0.1) is 5.92 Å². The monoisotopic (exact) mass is 319 g/mol. The van der Waals surface area contributed by atoms with Gasteiger partial charge in [-0.3, -0.25) is 14.5 Å². The van der Waals surface area contributed by atoms with Crippen molar-refractivity contribution in [2.75, 3.05) is 11.5 Å². The van der Waals surface area contributed by atoms with E-state index in [-0.39, 0.29) is 18.3 Å². The van der Waals surface area contributed by atoms with Crippen molar-refractivity contribution in [2.24, 2.45) is 5.92 Å². The summed E-state index contributed by atoms with van der Waals surface area (Å²) in [4.78, 5) is 37.0. The summed E-state index contributed by atoms with van der Waals surface area (Å²) in [7, 11) is 0. The highest BCUT2D eigenvalue weighted by molar-refractivity contribution is 6.02. The number of carboxylic acids is 1.